The highest BCUT2D eigenvalue weighted by Gasteiger charge is 2.22. The summed E-state index contributed by atoms with van der Waals surface area (Å²) in [5.41, 5.74) is 4.93. The number of hydrogen-bond acceptors (Lipinski definition) is 4. The van der Waals surface area contributed by atoms with E-state index in [0.717, 1.165) is 33.6 Å². The molecule has 0 unspecified atom stereocenters. The maximum atomic E-state index is 10.9. The minimum Gasteiger partial charge on any atom is -0.507 e. The van der Waals surface area contributed by atoms with Crippen LogP contribution in [0.25, 0.3) is 0 Å². The van der Waals surface area contributed by atoms with Gasteiger partial charge in [-0.1, -0.05) is 108 Å². The van der Waals surface area contributed by atoms with Crippen LogP contribution in [0.3, 0.4) is 0 Å². The van der Waals surface area contributed by atoms with E-state index in [9.17, 15) is 10.2 Å². The second kappa shape index (κ2) is 11.4. The average molecular weight is 545 g/mol. The Bertz CT molecular complexity index is 1260. The van der Waals surface area contributed by atoms with Gasteiger partial charge in [-0.3, -0.25) is 9.98 Å². The second-order valence-electron chi connectivity index (χ2n) is 12.9. The summed E-state index contributed by atoms with van der Waals surface area (Å²) in [5, 5.41) is 24.5. The van der Waals surface area contributed by atoms with Gasteiger partial charge in [0, 0.05) is 23.6 Å². The van der Waals surface area contributed by atoms with E-state index >= 15 is 0 Å². The first kappa shape index (κ1) is 29.6. The molecule has 6 heteroatoms. The molecule has 0 atom stereocenters. The van der Waals surface area contributed by atoms with Gasteiger partial charge in [0.25, 0.3) is 0 Å². The molecular weight excluding hydrogens is 501 g/mol. The normalized spacial score (nSPS) is 12.9. The van der Waals surface area contributed by atoms with Gasteiger partial charge in [-0.05, 0) is 41.2 Å². The number of benzene rings is 3. The first-order valence-electron chi connectivity index (χ1n) is 13.5. The lowest BCUT2D eigenvalue weighted by molar-refractivity contribution is 0.463. The third kappa shape index (κ3) is 7.11. The van der Waals surface area contributed by atoms with Crippen molar-refractivity contribution in [1.29, 1.82) is 0 Å². The molecule has 2 N–H and O–H groups in total. The van der Waals surface area contributed by atoms with Crippen LogP contribution in [0.5, 0.6) is 11.5 Å². The van der Waals surface area contributed by atoms with Gasteiger partial charge in [0.1, 0.15) is 11.5 Å². The third-order valence-electron chi connectivity index (χ3n) is 6.85. The number of nitrogens with zero attached hydrogens (tertiary/aromatic N) is 2. The number of aliphatic imine (C=N–C) groups is 2. The van der Waals surface area contributed by atoms with Gasteiger partial charge in [0.2, 0.25) is 0 Å². The Morgan fingerprint density at radius 1 is 0.605 bits per heavy atom. The first-order valence-corrected chi connectivity index (χ1v) is 20.5. The molecule has 4 nitrogen and oxygen atoms in total. The van der Waals surface area contributed by atoms with Crippen molar-refractivity contribution in [2.24, 2.45) is 9.98 Å². The molecular formula is C32H44N2O2Si2. The summed E-state index contributed by atoms with van der Waals surface area (Å²) in [6, 6.07) is 16.2. The van der Waals surface area contributed by atoms with E-state index in [2.05, 4.69) is 91.2 Å². The molecule has 0 aliphatic carbocycles. The van der Waals surface area contributed by atoms with Crippen molar-refractivity contribution >= 4 is 50.3 Å². The zero-order valence-corrected chi connectivity index (χ0v) is 26.7. The fourth-order valence-corrected chi connectivity index (χ4v) is 6.60. The van der Waals surface area contributed by atoms with Crippen LogP contribution in [-0.4, -0.2) is 38.8 Å². The van der Waals surface area contributed by atoms with Crippen molar-refractivity contribution in [3.8, 4) is 11.5 Å². The molecule has 3 aromatic carbocycles. The number of hydrogen-bond donors (Lipinski definition) is 2. The van der Waals surface area contributed by atoms with Gasteiger partial charge < -0.3 is 10.2 Å². The van der Waals surface area contributed by atoms with Crippen molar-refractivity contribution in [2.45, 2.75) is 78.8 Å². The standard InChI is InChI=1S/C32H44N2O2Si2/c1-21(2)29-17-27(37(5,6)7)14-23(31(29)35)19-33-25-12-11-13-26(16-25)34-20-24-15-28(38(8,9)10)18-30(22(3)4)32(24)36/h11-22,35-36H,1-10H3. The second-order valence-corrected chi connectivity index (χ2v) is 23.0. The number of rotatable bonds is 8. The quantitative estimate of drug-likeness (QED) is 0.223. The molecule has 0 bridgehead atoms. The van der Waals surface area contributed by atoms with Gasteiger partial charge in [-0.25, -0.2) is 0 Å². The number of phenols is 2. The molecule has 0 aliphatic rings. The van der Waals surface area contributed by atoms with E-state index in [0.29, 0.717) is 11.5 Å². The summed E-state index contributed by atoms with van der Waals surface area (Å²) in [5.74, 6) is 1.06. The minimum atomic E-state index is -1.57. The zero-order chi connectivity index (χ0) is 28.4. The molecule has 0 saturated heterocycles. The van der Waals surface area contributed by atoms with Gasteiger partial charge >= 0.3 is 0 Å². The monoisotopic (exact) mass is 544 g/mol. The molecule has 38 heavy (non-hydrogen) atoms. The Morgan fingerprint density at radius 3 is 1.29 bits per heavy atom. The average Bonchev–Trinajstić information content (AvgIpc) is 2.81. The van der Waals surface area contributed by atoms with Crippen LogP contribution >= 0.6 is 0 Å². The van der Waals surface area contributed by atoms with Crippen molar-refractivity contribution in [3.05, 3.63) is 70.8 Å². The summed E-state index contributed by atoms with van der Waals surface area (Å²) in [6.07, 6.45) is 3.51. The van der Waals surface area contributed by atoms with Gasteiger partial charge in [0.15, 0.2) is 0 Å². The Morgan fingerprint density at radius 2 is 0.974 bits per heavy atom. The van der Waals surface area contributed by atoms with E-state index in [1.807, 2.05) is 24.3 Å². The molecule has 202 valence electrons. The SMILES string of the molecule is CC(C)c1cc([Si](C)(C)C)cc(C=Nc2cccc(N=Cc3cc([Si](C)(C)C)cc(C(C)C)c3O)c2)c1O. The van der Waals surface area contributed by atoms with E-state index < -0.39 is 16.1 Å². The molecule has 0 radical (unpaired) electrons. The Kier molecular flexibility index (Phi) is 8.89. The van der Waals surface area contributed by atoms with Crippen LogP contribution in [0, 0.1) is 0 Å². The smallest absolute Gasteiger partial charge is 0.127 e. The highest BCUT2D eigenvalue weighted by Crippen LogP contribution is 2.31. The van der Waals surface area contributed by atoms with Gasteiger partial charge in [-0.15, -0.1) is 0 Å². The number of aromatic hydroxyl groups is 2. The fraction of sp³-hybridized carbons (Fsp3) is 0.375. The largest absolute Gasteiger partial charge is 0.507 e. The summed E-state index contributed by atoms with van der Waals surface area (Å²) in [4.78, 5) is 9.38. The van der Waals surface area contributed by atoms with Crippen molar-refractivity contribution in [3.63, 3.8) is 0 Å². The maximum absolute atomic E-state index is 10.9. The molecule has 3 aromatic rings. The van der Waals surface area contributed by atoms with Crippen molar-refractivity contribution in [1.82, 2.24) is 0 Å². The summed E-state index contributed by atoms with van der Waals surface area (Å²) < 4.78 is 0. The highest BCUT2D eigenvalue weighted by atomic mass is 28.3. The summed E-state index contributed by atoms with van der Waals surface area (Å²) in [6.45, 7) is 22.3. The van der Waals surface area contributed by atoms with Crippen LogP contribution in [0.4, 0.5) is 11.4 Å². The maximum Gasteiger partial charge on any atom is 0.127 e. The Balaban J connectivity index is 1.97. The fourth-order valence-electron chi connectivity index (χ4n) is 4.25. The molecule has 0 spiro atoms. The Hall–Kier alpha value is -2.97. The lowest BCUT2D eigenvalue weighted by Gasteiger charge is -2.21. The molecule has 0 saturated carbocycles. The van der Waals surface area contributed by atoms with E-state index in [4.69, 9.17) is 9.98 Å². The van der Waals surface area contributed by atoms with Gasteiger partial charge in [-0.2, -0.15) is 0 Å². The predicted molar refractivity (Wildman–Crippen MR) is 171 cm³/mol. The third-order valence-corrected chi connectivity index (χ3v) is 10.9. The lowest BCUT2D eigenvalue weighted by atomic mass is 9.99. The van der Waals surface area contributed by atoms with Crippen LogP contribution in [0.15, 0.2) is 58.5 Å². The van der Waals surface area contributed by atoms with Crippen molar-refractivity contribution in [2.75, 3.05) is 0 Å². The van der Waals surface area contributed by atoms with E-state index in [1.54, 1.807) is 12.4 Å². The van der Waals surface area contributed by atoms with Crippen LogP contribution in [0.1, 0.15) is 61.8 Å². The van der Waals surface area contributed by atoms with E-state index in [-0.39, 0.29) is 11.8 Å². The molecule has 3 rings (SSSR count). The number of phenolic OH excluding ortho intramolecular Hbond substituents is 2. The topological polar surface area (TPSA) is 65.2 Å². The predicted octanol–water partition coefficient (Wildman–Crippen LogP) is 7.94. The summed E-state index contributed by atoms with van der Waals surface area (Å²) in [7, 11) is -3.13. The summed E-state index contributed by atoms with van der Waals surface area (Å²) >= 11 is 0. The van der Waals surface area contributed by atoms with Crippen LogP contribution in [-0.2, 0) is 0 Å². The highest BCUT2D eigenvalue weighted by molar-refractivity contribution is 6.89. The molecule has 0 aliphatic heterocycles. The molecule has 0 aromatic heterocycles. The van der Waals surface area contributed by atoms with Crippen LogP contribution in [0.2, 0.25) is 39.3 Å². The lowest BCUT2D eigenvalue weighted by Crippen LogP contribution is -2.38. The van der Waals surface area contributed by atoms with Crippen LogP contribution < -0.4 is 10.4 Å². The first-order chi connectivity index (χ1) is 17.6. The van der Waals surface area contributed by atoms with E-state index in [1.165, 1.54) is 10.4 Å². The molecule has 0 amide bonds. The zero-order valence-electron chi connectivity index (χ0n) is 24.7. The van der Waals surface area contributed by atoms with Crippen molar-refractivity contribution < 1.29 is 10.2 Å². The molecule has 0 heterocycles. The Labute approximate surface area is 231 Å². The van der Waals surface area contributed by atoms with Gasteiger partial charge in [0.05, 0.1) is 27.5 Å². The minimum absolute atomic E-state index is 0.225. The molecule has 0 fully saturated rings.